The van der Waals surface area contributed by atoms with Gasteiger partial charge in [-0.2, -0.15) is 13.2 Å². The minimum absolute atomic E-state index is 0.0792. The number of benzene rings is 2. The Bertz CT molecular complexity index is 1030. The molecular formula is C22H24F3NO5S. The Morgan fingerprint density at radius 3 is 2.12 bits per heavy atom. The average molecular weight is 471 g/mol. The number of amides is 1. The van der Waals surface area contributed by atoms with Crippen molar-refractivity contribution in [1.29, 1.82) is 0 Å². The molecule has 2 aromatic rings. The van der Waals surface area contributed by atoms with Gasteiger partial charge in [-0.3, -0.25) is 9.59 Å². The van der Waals surface area contributed by atoms with E-state index < -0.39 is 52.2 Å². The van der Waals surface area contributed by atoms with Gasteiger partial charge in [-0.05, 0) is 43.7 Å². The molecule has 0 fully saturated rings. The van der Waals surface area contributed by atoms with Gasteiger partial charge in [0.2, 0.25) is 5.91 Å². The summed E-state index contributed by atoms with van der Waals surface area (Å²) in [6.07, 6.45) is -4.89. The second-order valence-electron chi connectivity index (χ2n) is 7.13. The van der Waals surface area contributed by atoms with E-state index in [2.05, 4.69) is 0 Å². The topological polar surface area (TPSA) is 80.8 Å². The number of sulfone groups is 1. The number of rotatable bonds is 9. The molecule has 0 radical (unpaired) electrons. The van der Waals surface area contributed by atoms with Crippen molar-refractivity contribution in [3.05, 3.63) is 65.2 Å². The summed E-state index contributed by atoms with van der Waals surface area (Å²) >= 11 is 0. The van der Waals surface area contributed by atoms with E-state index in [9.17, 15) is 31.2 Å². The summed E-state index contributed by atoms with van der Waals surface area (Å²) in [5, 5.41) is 0. The second kappa shape index (κ2) is 10.6. The van der Waals surface area contributed by atoms with Crippen LogP contribution in [-0.4, -0.2) is 44.1 Å². The molecule has 6 nitrogen and oxygen atoms in total. The SMILES string of the molecule is CCOC(=O)CN(Cc1ccc(C(F)(F)F)cc1)C(=O)CCS(=O)(=O)c1ccc(C)cc1. The lowest BCUT2D eigenvalue weighted by Crippen LogP contribution is -2.36. The fraction of sp³-hybridized carbons (Fsp3) is 0.364. The van der Waals surface area contributed by atoms with Crippen molar-refractivity contribution in [3.63, 3.8) is 0 Å². The van der Waals surface area contributed by atoms with Crippen LogP contribution in [0.1, 0.15) is 30.0 Å². The first-order valence-corrected chi connectivity index (χ1v) is 11.5. The molecule has 0 atom stereocenters. The first-order chi connectivity index (χ1) is 14.9. The molecule has 174 valence electrons. The van der Waals surface area contributed by atoms with Crippen molar-refractivity contribution in [2.45, 2.75) is 37.9 Å². The minimum Gasteiger partial charge on any atom is -0.465 e. The summed E-state index contributed by atoms with van der Waals surface area (Å²) < 4.78 is 68.2. The predicted molar refractivity (Wildman–Crippen MR) is 111 cm³/mol. The molecule has 0 aliphatic heterocycles. The summed E-state index contributed by atoms with van der Waals surface area (Å²) in [7, 11) is -3.73. The van der Waals surface area contributed by atoms with Crippen LogP contribution in [0.15, 0.2) is 53.4 Å². The number of hydrogen-bond donors (Lipinski definition) is 0. The van der Waals surface area contributed by atoms with Crippen LogP contribution in [0.5, 0.6) is 0 Å². The molecular weight excluding hydrogens is 447 g/mol. The molecule has 32 heavy (non-hydrogen) atoms. The second-order valence-corrected chi connectivity index (χ2v) is 9.24. The van der Waals surface area contributed by atoms with Gasteiger partial charge in [0, 0.05) is 13.0 Å². The van der Waals surface area contributed by atoms with E-state index in [-0.39, 0.29) is 18.0 Å². The summed E-state index contributed by atoms with van der Waals surface area (Å²) in [6.45, 7) is 2.88. The molecule has 0 heterocycles. The Balaban J connectivity index is 2.13. The van der Waals surface area contributed by atoms with Crippen LogP contribution in [0.3, 0.4) is 0 Å². The van der Waals surface area contributed by atoms with E-state index in [4.69, 9.17) is 4.74 Å². The third-order valence-electron chi connectivity index (χ3n) is 4.60. The Labute approximate surface area is 184 Å². The van der Waals surface area contributed by atoms with E-state index in [1.165, 1.54) is 24.3 Å². The highest BCUT2D eigenvalue weighted by molar-refractivity contribution is 7.91. The Hall–Kier alpha value is -2.88. The number of nitrogens with zero attached hydrogens (tertiary/aromatic N) is 1. The highest BCUT2D eigenvalue weighted by Crippen LogP contribution is 2.29. The van der Waals surface area contributed by atoms with Gasteiger partial charge in [0.1, 0.15) is 6.54 Å². The number of carbonyl (C=O) groups is 2. The highest BCUT2D eigenvalue weighted by Gasteiger charge is 2.30. The van der Waals surface area contributed by atoms with Gasteiger partial charge in [0.25, 0.3) is 0 Å². The lowest BCUT2D eigenvalue weighted by atomic mass is 10.1. The number of hydrogen-bond acceptors (Lipinski definition) is 5. The molecule has 10 heteroatoms. The maximum Gasteiger partial charge on any atom is 0.416 e. The summed E-state index contributed by atoms with van der Waals surface area (Å²) in [6, 6.07) is 10.4. The van der Waals surface area contributed by atoms with Gasteiger partial charge in [-0.1, -0.05) is 29.8 Å². The number of alkyl halides is 3. The Morgan fingerprint density at radius 2 is 1.59 bits per heavy atom. The first kappa shape index (κ1) is 25.4. The summed E-state index contributed by atoms with van der Waals surface area (Å²) in [4.78, 5) is 25.8. The van der Waals surface area contributed by atoms with Crippen LogP contribution in [-0.2, 0) is 36.9 Å². The number of carbonyl (C=O) groups excluding carboxylic acids is 2. The zero-order chi connectivity index (χ0) is 23.9. The van der Waals surface area contributed by atoms with Crippen LogP contribution in [0.2, 0.25) is 0 Å². The predicted octanol–water partition coefficient (Wildman–Crippen LogP) is 3.77. The Morgan fingerprint density at radius 1 is 1.00 bits per heavy atom. The van der Waals surface area contributed by atoms with Crippen molar-refractivity contribution in [2.24, 2.45) is 0 Å². The van der Waals surface area contributed by atoms with Crippen molar-refractivity contribution < 1.29 is 35.9 Å². The van der Waals surface area contributed by atoms with Crippen molar-refractivity contribution in [2.75, 3.05) is 18.9 Å². The zero-order valence-electron chi connectivity index (χ0n) is 17.7. The molecule has 0 bridgehead atoms. The lowest BCUT2D eigenvalue weighted by Gasteiger charge is -2.22. The molecule has 0 spiro atoms. The molecule has 1 amide bonds. The number of esters is 1. The lowest BCUT2D eigenvalue weighted by molar-refractivity contribution is -0.149. The van der Waals surface area contributed by atoms with Gasteiger partial charge < -0.3 is 9.64 Å². The molecule has 0 aliphatic rings. The largest absolute Gasteiger partial charge is 0.465 e. The smallest absolute Gasteiger partial charge is 0.416 e. The molecule has 0 saturated carbocycles. The normalized spacial score (nSPS) is 11.8. The van der Waals surface area contributed by atoms with Crippen LogP contribution in [0, 0.1) is 6.92 Å². The molecule has 0 saturated heterocycles. The summed E-state index contributed by atoms with van der Waals surface area (Å²) in [5.41, 5.74) is 0.405. The maximum absolute atomic E-state index is 12.8. The standard InChI is InChI=1S/C22H24F3NO5S/c1-3-31-21(28)15-26(14-17-6-8-18(9-7-17)22(23,24)25)20(27)12-13-32(29,30)19-10-4-16(2)5-11-19/h4-11H,3,12-15H2,1-2H3. The fourth-order valence-electron chi connectivity index (χ4n) is 2.86. The minimum atomic E-state index is -4.50. The van der Waals surface area contributed by atoms with E-state index in [0.29, 0.717) is 5.56 Å². The molecule has 2 aromatic carbocycles. The molecule has 2 rings (SSSR count). The highest BCUT2D eigenvalue weighted by atomic mass is 32.2. The van der Waals surface area contributed by atoms with Crippen LogP contribution in [0.25, 0.3) is 0 Å². The zero-order valence-corrected chi connectivity index (χ0v) is 18.5. The number of aryl methyl sites for hydroxylation is 1. The van der Waals surface area contributed by atoms with Crippen molar-refractivity contribution in [3.8, 4) is 0 Å². The number of ether oxygens (including phenoxy) is 1. The van der Waals surface area contributed by atoms with Gasteiger partial charge >= 0.3 is 12.1 Å². The molecule has 0 aliphatic carbocycles. The van der Waals surface area contributed by atoms with Gasteiger partial charge in [0.05, 0.1) is 22.8 Å². The summed E-state index contributed by atoms with van der Waals surface area (Å²) in [5.74, 6) is -1.80. The van der Waals surface area contributed by atoms with Gasteiger partial charge in [-0.25, -0.2) is 8.42 Å². The van der Waals surface area contributed by atoms with E-state index in [0.717, 1.165) is 22.6 Å². The quantitative estimate of drug-likeness (QED) is 0.520. The average Bonchev–Trinajstić information content (AvgIpc) is 2.72. The van der Waals surface area contributed by atoms with Crippen LogP contribution < -0.4 is 0 Å². The van der Waals surface area contributed by atoms with E-state index in [1.54, 1.807) is 19.1 Å². The van der Waals surface area contributed by atoms with Crippen LogP contribution >= 0.6 is 0 Å². The van der Waals surface area contributed by atoms with Crippen molar-refractivity contribution in [1.82, 2.24) is 4.90 Å². The fourth-order valence-corrected chi connectivity index (χ4v) is 4.09. The monoisotopic (exact) mass is 471 g/mol. The van der Waals surface area contributed by atoms with E-state index >= 15 is 0 Å². The molecule has 0 N–H and O–H groups in total. The first-order valence-electron chi connectivity index (χ1n) is 9.81. The third kappa shape index (κ3) is 7.37. The number of halogens is 3. The maximum atomic E-state index is 12.8. The third-order valence-corrected chi connectivity index (χ3v) is 6.33. The molecule has 0 unspecified atom stereocenters. The van der Waals surface area contributed by atoms with Gasteiger partial charge in [0.15, 0.2) is 9.84 Å². The van der Waals surface area contributed by atoms with Crippen LogP contribution in [0.4, 0.5) is 13.2 Å². The van der Waals surface area contributed by atoms with Gasteiger partial charge in [-0.15, -0.1) is 0 Å². The Kier molecular flexibility index (Phi) is 8.43. The van der Waals surface area contributed by atoms with Crippen molar-refractivity contribution >= 4 is 21.7 Å². The van der Waals surface area contributed by atoms with E-state index in [1.807, 2.05) is 6.92 Å². The molecule has 0 aromatic heterocycles.